The Balaban J connectivity index is 2.02. The fraction of sp³-hybridized carbons (Fsp3) is 0.273. The zero-order valence-electron chi connectivity index (χ0n) is 9.03. The quantitative estimate of drug-likeness (QED) is 0.784. The van der Waals surface area contributed by atoms with Gasteiger partial charge in [-0.1, -0.05) is 23.4 Å². The van der Waals surface area contributed by atoms with Gasteiger partial charge in [0.15, 0.2) is 0 Å². The lowest BCUT2D eigenvalue weighted by molar-refractivity contribution is 0.431. The smallest absolute Gasteiger partial charge is 0.256 e. The van der Waals surface area contributed by atoms with E-state index in [4.69, 9.17) is 16.0 Å². The second-order valence-corrected chi connectivity index (χ2v) is 4.74. The lowest BCUT2D eigenvalue weighted by Crippen LogP contribution is -1.85. The molecule has 0 radical (unpaired) electrons. The Morgan fingerprint density at radius 2 is 2.25 bits per heavy atom. The molecule has 0 fully saturated rings. The van der Waals surface area contributed by atoms with Gasteiger partial charge in [-0.2, -0.15) is 0 Å². The van der Waals surface area contributed by atoms with Crippen molar-refractivity contribution in [2.24, 2.45) is 0 Å². The van der Waals surface area contributed by atoms with Crippen LogP contribution in [0.5, 0.6) is 0 Å². The Morgan fingerprint density at radius 1 is 1.44 bits per heavy atom. The third kappa shape index (κ3) is 2.77. The van der Waals surface area contributed by atoms with Crippen molar-refractivity contribution in [2.45, 2.75) is 24.8 Å². The normalized spacial score (nSPS) is 10.7. The molecule has 0 aliphatic carbocycles. The maximum atomic E-state index is 5.87. The van der Waals surface area contributed by atoms with Gasteiger partial charge in [0.1, 0.15) is 5.76 Å². The van der Waals surface area contributed by atoms with Crippen LogP contribution >= 0.6 is 23.4 Å². The van der Waals surface area contributed by atoms with E-state index < -0.39 is 0 Å². The molecule has 0 amide bonds. The van der Waals surface area contributed by atoms with Crippen LogP contribution in [0.4, 0.5) is 0 Å². The molecule has 0 spiro atoms. The fourth-order valence-electron chi connectivity index (χ4n) is 1.17. The molecule has 0 saturated carbocycles. The van der Waals surface area contributed by atoms with Crippen molar-refractivity contribution in [1.29, 1.82) is 0 Å². The van der Waals surface area contributed by atoms with Crippen molar-refractivity contribution in [3.8, 4) is 0 Å². The molecule has 2 aromatic heterocycles. The summed E-state index contributed by atoms with van der Waals surface area (Å²) in [6.45, 7) is 3.84. The largest absolute Gasteiger partial charge is 0.437 e. The maximum Gasteiger partial charge on any atom is 0.256 e. The highest BCUT2D eigenvalue weighted by molar-refractivity contribution is 7.98. The lowest BCUT2D eigenvalue weighted by atomic mass is 10.4. The Hall–Kier alpha value is -1.00. The number of aromatic nitrogens is 2. The van der Waals surface area contributed by atoms with Crippen LogP contribution in [0.2, 0.25) is 5.02 Å². The SMILES string of the molecule is Cc1nc(SCc2cc(Cl)ccn2)oc1C. The minimum atomic E-state index is 0.678. The first-order valence-corrected chi connectivity index (χ1v) is 6.19. The van der Waals surface area contributed by atoms with Gasteiger partial charge in [-0.05, 0) is 26.0 Å². The van der Waals surface area contributed by atoms with Crippen LogP contribution < -0.4 is 0 Å². The first kappa shape index (κ1) is 11.5. The zero-order chi connectivity index (χ0) is 11.5. The molecule has 5 heteroatoms. The molecule has 0 unspecified atom stereocenters. The van der Waals surface area contributed by atoms with Crippen molar-refractivity contribution in [3.05, 3.63) is 40.5 Å². The van der Waals surface area contributed by atoms with Crippen molar-refractivity contribution in [2.75, 3.05) is 0 Å². The Labute approximate surface area is 103 Å². The highest BCUT2D eigenvalue weighted by atomic mass is 35.5. The predicted octanol–water partition coefficient (Wildman–Crippen LogP) is 3.63. The zero-order valence-corrected chi connectivity index (χ0v) is 10.6. The minimum absolute atomic E-state index is 0.678. The molecule has 0 saturated heterocycles. The highest BCUT2D eigenvalue weighted by Gasteiger charge is 2.06. The van der Waals surface area contributed by atoms with E-state index in [0.717, 1.165) is 17.1 Å². The Bertz CT molecular complexity index is 479. The van der Waals surface area contributed by atoms with E-state index in [9.17, 15) is 0 Å². The van der Waals surface area contributed by atoms with Crippen LogP contribution in [0.1, 0.15) is 17.1 Å². The number of hydrogen-bond donors (Lipinski definition) is 0. The molecule has 0 aliphatic rings. The first-order valence-electron chi connectivity index (χ1n) is 4.82. The van der Waals surface area contributed by atoms with Crippen LogP contribution in [-0.2, 0) is 5.75 Å². The topological polar surface area (TPSA) is 38.9 Å². The van der Waals surface area contributed by atoms with Gasteiger partial charge in [0, 0.05) is 17.0 Å². The van der Waals surface area contributed by atoms with Crippen LogP contribution in [0.15, 0.2) is 28.0 Å². The number of oxazole rings is 1. The monoisotopic (exact) mass is 254 g/mol. The molecule has 16 heavy (non-hydrogen) atoms. The number of aryl methyl sites for hydroxylation is 2. The van der Waals surface area contributed by atoms with Gasteiger partial charge in [-0.3, -0.25) is 4.98 Å². The molecular formula is C11H11ClN2OS. The van der Waals surface area contributed by atoms with Crippen LogP contribution in [0.25, 0.3) is 0 Å². The van der Waals surface area contributed by atoms with Gasteiger partial charge in [-0.25, -0.2) is 4.98 Å². The van der Waals surface area contributed by atoms with Gasteiger partial charge >= 0.3 is 0 Å². The second-order valence-electron chi connectivity index (χ2n) is 3.38. The standard InChI is InChI=1S/C11H11ClN2OS/c1-7-8(2)15-11(14-7)16-6-10-5-9(12)3-4-13-10/h3-5H,6H2,1-2H3. The summed E-state index contributed by atoms with van der Waals surface area (Å²) in [5, 5.41) is 1.38. The van der Waals surface area contributed by atoms with E-state index in [1.165, 1.54) is 11.8 Å². The lowest BCUT2D eigenvalue weighted by Gasteiger charge is -1.97. The van der Waals surface area contributed by atoms with Gasteiger partial charge < -0.3 is 4.42 Å². The summed E-state index contributed by atoms with van der Waals surface area (Å²) < 4.78 is 5.46. The Kier molecular flexibility index (Phi) is 3.51. The van der Waals surface area contributed by atoms with E-state index in [1.807, 2.05) is 19.9 Å². The molecule has 84 valence electrons. The van der Waals surface area contributed by atoms with Crippen LogP contribution in [0.3, 0.4) is 0 Å². The first-order chi connectivity index (χ1) is 7.65. The number of halogens is 1. The predicted molar refractivity (Wildman–Crippen MR) is 64.8 cm³/mol. The molecule has 0 bridgehead atoms. The number of rotatable bonds is 3. The average Bonchev–Trinajstić information content (AvgIpc) is 2.56. The third-order valence-electron chi connectivity index (χ3n) is 2.13. The average molecular weight is 255 g/mol. The summed E-state index contributed by atoms with van der Waals surface area (Å²) in [4.78, 5) is 8.49. The molecule has 0 aromatic carbocycles. The molecule has 2 rings (SSSR count). The minimum Gasteiger partial charge on any atom is -0.437 e. The molecule has 0 N–H and O–H groups in total. The fourth-order valence-corrected chi connectivity index (χ4v) is 2.17. The number of hydrogen-bond acceptors (Lipinski definition) is 4. The summed E-state index contributed by atoms with van der Waals surface area (Å²) >= 11 is 7.39. The van der Waals surface area contributed by atoms with Crippen LogP contribution in [0, 0.1) is 13.8 Å². The van der Waals surface area contributed by atoms with E-state index in [-0.39, 0.29) is 0 Å². The summed E-state index contributed by atoms with van der Waals surface area (Å²) in [5.74, 6) is 1.57. The van der Waals surface area contributed by atoms with Gasteiger partial charge in [0.25, 0.3) is 5.22 Å². The maximum absolute atomic E-state index is 5.87. The molecular weight excluding hydrogens is 244 g/mol. The molecule has 2 heterocycles. The van der Waals surface area contributed by atoms with Crippen LogP contribution in [-0.4, -0.2) is 9.97 Å². The van der Waals surface area contributed by atoms with E-state index >= 15 is 0 Å². The van der Waals surface area contributed by atoms with Crippen molar-refractivity contribution < 1.29 is 4.42 Å². The van der Waals surface area contributed by atoms with E-state index in [2.05, 4.69) is 9.97 Å². The summed E-state index contributed by atoms with van der Waals surface area (Å²) in [6, 6.07) is 3.60. The second kappa shape index (κ2) is 4.89. The summed E-state index contributed by atoms with van der Waals surface area (Å²) in [5.41, 5.74) is 1.85. The number of pyridine rings is 1. The molecule has 0 aliphatic heterocycles. The molecule has 2 aromatic rings. The van der Waals surface area contributed by atoms with Gasteiger partial charge in [0.05, 0.1) is 11.4 Å². The number of thioether (sulfide) groups is 1. The summed E-state index contributed by atoms with van der Waals surface area (Å²) in [6.07, 6.45) is 1.70. The van der Waals surface area contributed by atoms with Crippen molar-refractivity contribution in [3.63, 3.8) is 0 Å². The molecule has 3 nitrogen and oxygen atoms in total. The molecule has 0 atom stereocenters. The number of nitrogens with zero attached hydrogens (tertiary/aromatic N) is 2. The van der Waals surface area contributed by atoms with E-state index in [0.29, 0.717) is 16.0 Å². The van der Waals surface area contributed by atoms with Crippen molar-refractivity contribution in [1.82, 2.24) is 9.97 Å². The highest BCUT2D eigenvalue weighted by Crippen LogP contribution is 2.23. The van der Waals surface area contributed by atoms with Gasteiger partial charge in [0.2, 0.25) is 0 Å². The van der Waals surface area contributed by atoms with E-state index in [1.54, 1.807) is 12.3 Å². The third-order valence-corrected chi connectivity index (χ3v) is 3.23. The van der Waals surface area contributed by atoms with Crippen molar-refractivity contribution >= 4 is 23.4 Å². The Morgan fingerprint density at radius 3 is 2.88 bits per heavy atom. The summed E-state index contributed by atoms with van der Waals surface area (Å²) in [7, 11) is 0. The van der Waals surface area contributed by atoms with Gasteiger partial charge in [-0.15, -0.1) is 0 Å².